The number of hydrogen-bond acceptors (Lipinski definition) is 4. The third kappa shape index (κ3) is 3.31. The van der Waals surface area contributed by atoms with Gasteiger partial charge in [0.05, 0.1) is 7.11 Å². The van der Waals surface area contributed by atoms with Crippen LogP contribution in [0.3, 0.4) is 0 Å². The predicted octanol–water partition coefficient (Wildman–Crippen LogP) is 1.44. The fourth-order valence-electron chi connectivity index (χ4n) is 2.34. The van der Waals surface area contributed by atoms with Gasteiger partial charge in [-0.3, -0.25) is 19.3 Å². The molecule has 1 aromatic carbocycles. The summed E-state index contributed by atoms with van der Waals surface area (Å²) < 4.78 is 5.26. The highest BCUT2D eigenvalue weighted by molar-refractivity contribution is 6.12. The summed E-state index contributed by atoms with van der Waals surface area (Å²) in [6.45, 7) is 4.80. The molecule has 3 amide bonds. The highest BCUT2D eigenvalue weighted by atomic mass is 16.5. The quantitative estimate of drug-likeness (QED) is 0.623. The fraction of sp³-hybridized carbons (Fsp3) is 0.235. The molecule has 6 nitrogen and oxygen atoms in total. The Balaban J connectivity index is 2.53. The predicted molar refractivity (Wildman–Crippen MR) is 85.3 cm³/mol. The molecule has 1 aromatic rings. The molecular weight excluding hydrogens is 296 g/mol. The van der Waals surface area contributed by atoms with Crippen molar-refractivity contribution in [3.05, 3.63) is 48.2 Å². The van der Waals surface area contributed by atoms with Crippen LogP contribution in [0.15, 0.2) is 42.6 Å². The largest absolute Gasteiger partial charge is 0.496 e. The number of ether oxygens (including phenoxy) is 1. The van der Waals surface area contributed by atoms with Crippen molar-refractivity contribution in [2.45, 2.75) is 6.92 Å². The van der Waals surface area contributed by atoms with Gasteiger partial charge in [0.2, 0.25) is 11.8 Å². The van der Waals surface area contributed by atoms with E-state index in [-0.39, 0.29) is 24.7 Å². The summed E-state index contributed by atoms with van der Waals surface area (Å²) in [6.07, 6.45) is 3.09. The van der Waals surface area contributed by atoms with Crippen molar-refractivity contribution in [3.63, 3.8) is 0 Å². The van der Waals surface area contributed by atoms with E-state index < -0.39 is 11.8 Å². The highest BCUT2D eigenvalue weighted by Gasteiger charge is 2.36. The lowest BCUT2D eigenvalue weighted by Crippen LogP contribution is -2.53. The molecule has 0 N–H and O–H groups in total. The van der Waals surface area contributed by atoms with Gasteiger partial charge in [-0.1, -0.05) is 24.3 Å². The number of methoxy groups -OCH3 is 1. The van der Waals surface area contributed by atoms with Crippen LogP contribution in [-0.4, -0.2) is 47.7 Å². The zero-order valence-electron chi connectivity index (χ0n) is 13.1. The summed E-state index contributed by atoms with van der Waals surface area (Å²) in [5.41, 5.74) is 0.770. The molecule has 1 heterocycles. The summed E-state index contributed by atoms with van der Waals surface area (Å²) in [4.78, 5) is 38.7. The maximum Gasteiger partial charge on any atom is 0.277 e. The Labute approximate surface area is 134 Å². The minimum atomic E-state index is -0.509. The van der Waals surface area contributed by atoms with Gasteiger partial charge >= 0.3 is 0 Å². The lowest BCUT2D eigenvalue weighted by molar-refractivity contribution is -0.152. The van der Waals surface area contributed by atoms with Gasteiger partial charge in [0.15, 0.2) is 0 Å². The van der Waals surface area contributed by atoms with Crippen LogP contribution in [0.25, 0.3) is 6.08 Å². The number of imide groups is 1. The standard InChI is InChI=1S/C17H18N2O4/c1-4-9-18-14(10-13-7-5-6-8-15(13)23-3)17(22)19(12(2)20)11-16(18)21/h4-8,10H,1,9,11H2,2-3H3/b14-10+. The Bertz CT molecular complexity index is 694. The first-order chi connectivity index (χ1) is 11.0. The molecule has 0 radical (unpaired) electrons. The smallest absolute Gasteiger partial charge is 0.277 e. The molecule has 0 bridgehead atoms. The van der Waals surface area contributed by atoms with Crippen molar-refractivity contribution in [2.24, 2.45) is 0 Å². The molecule has 2 rings (SSSR count). The number of amides is 3. The van der Waals surface area contributed by atoms with E-state index in [0.717, 1.165) is 4.90 Å². The van der Waals surface area contributed by atoms with Crippen LogP contribution in [0.2, 0.25) is 0 Å². The lowest BCUT2D eigenvalue weighted by atomic mass is 10.1. The summed E-state index contributed by atoms with van der Waals surface area (Å²) in [5.74, 6) is -0.739. The fourth-order valence-corrected chi connectivity index (χ4v) is 2.34. The minimum Gasteiger partial charge on any atom is -0.496 e. The first-order valence-electron chi connectivity index (χ1n) is 7.08. The number of hydrogen-bond donors (Lipinski definition) is 0. The van der Waals surface area contributed by atoms with Crippen molar-refractivity contribution in [1.82, 2.24) is 9.80 Å². The molecule has 1 aliphatic rings. The number of rotatable bonds is 4. The van der Waals surface area contributed by atoms with Crippen molar-refractivity contribution >= 4 is 23.8 Å². The minimum absolute atomic E-state index is 0.126. The van der Waals surface area contributed by atoms with E-state index in [4.69, 9.17) is 4.74 Å². The lowest BCUT2D eigenvalue weighted by Gasteiger charge is -2.33. The Hall–Kier alpha value is -2.89. The van der Waals surface area contributed by atoms with Crippen LogP contribution in [0.1, 0.15) is 12.5 Å². The van der Waals surface area contributed by atoms with Gasteiger partial charge in [-0.05, 0) is 12.1 Å². The van der Waals surface area contributed by atoms with Crippen LogP contribution < -0.4 is 4.74 Å². The third-order valence-electron chi connectivity index (χ3n) is 3.47. The Morgan fingerprint density at radius 3 is 2.65 bits per heavy atom. The average molecular weight is 314 g/mol. The van der Waals surface area contributed by atoms with Crippen molar-refractivity contribution in [3.8, 4) is 5.75 Å². The molecule has 0 aliphatic carbocycles. The first kappa shape index (κ1) is 16.5. The topological polar surface area (TPSA) is 66.9 Å². The van der Waals surface area contributed by atoms with Gasteiger partial charge in [0.1, 0.15) is 18.0 Å². The van der Waals surface area contributed by atoms with E-state index in [1.165, 1.54) is 25.0 Å². The van der Waals surface area contributed by atoms with E-state index in [2.05, 4.69) is 6.58 Å². The second-order valence-electron chi connectivity index (χ2n) is 4.97. The van der Waals surface area contributed by atoms with E-state index in [1.54, 1.807) is 30.3 Å². The van der Waals surface area contributed by atoms with E-state index in [0.29, 0.717) is 11.3 Å². The molecule has 1 saturated heterocycles. The zero-order chi connectivity index (χ0) is 17.0. The van der Waals surface area contributed by atoms with Crippen LogP contribution >= 0.6 is 0 Å². The Kier molecular flexibility index (Phi) is 4.95. The van der Waals surface area contributed by atoms with Crippen LogP contribution in [0.4, 0.5) is 0 Å². The molecule has 0 saturated carbocycles. The Morgan fingerprint density at radius 2 is 2.04 bits per heavy atom. The van der Waals surface area contributed by atoms with Gasteiger partial charge in [0.25, 0.3) is 5.91 Å². The third-order valence-corrected chi connectivity index (χ3v) is 3.47. The van der Waals surface area contributed by atoms with Gasteiger partial charge < -0.3 is 9.64 Å². The van der Waals surface area contributed by atoms with E-state index >= 15 is 0 Å². The monoisotopic (exact) mass is 314 g/mol. The van der Waals surface area contributed by atoms with Gasteiger partial charge in [-0.15, -0.1) is 6.58 Å². The molecule has 23 heavy (non-hydrogen) atoms. The summed E-state index contributed by atoms with van der Waals surface area (Å²) in [5, 5.41) is 0. The van der Waals surface area contributed by atoms with Crippen LogP contribution in [0, 0.1) is 0 Å². The summed E-state index contributed by atoms with van der Waals surface area (Å²) in [6, 6.07) is 7.12. The molecule has 1 fully saturated rings. The number of para-hydroxylation sites is 1. The van der Waals surface area contributed by atoms with Crippen LogP contribution in [-0.2, 0) is 14.4 Å². The number of piperazine rings is 1. The summed E-state index contributed by atoms with van der Waals surface area (Å²) in [7, 11) is 1.52. The van der Waals surface area contributed by atoms with Crippen LogP contribution in [0.5, 0.6) is 5.75 Å². The second kappa shape index (κ2) is 6.91. The Morgan fingerprint density at radius 1 is 1.35 bits per heavy atom. The molecule has 0 unspecified atom stereocenters. The normalized spacial score (nSPS) is 16.7. The molecular formula is C17H18N2O4. The number of carbonyl (C=O) groups is 3. The molecule has 120 valence electrons. The highest BCUT2D eigenvalue weighted by Crippen LogP contribution is 2.24. The zero-order valence-corrected chi connectivity index (χ0v) is 13.1. The SMILES string of the molecule is C=CCN1C(=O)CN(C(C)=O)C(=O)/C1=C\c1ccccc1OC. The van der Waals surface area contributed by atoms with Crippen molar-refractivity contribution in [1.29, 1.82) is 0 Å². The van der Waals surface area contributed by atoms with E-state index in [9.17, 15) is 14.4 Å². The van der Waals surface area contributed by atoms with Gasteiger partial charge in [0, 0.05) is 19.0 Å². The first-order valence-corrected chi connectivity index (χ1v) is 7.08. The molecule has 1 aliphatic heterocycles. The maximum atomic E-state index is 12.6. The molecule has 6 heteroatoms. The van der Waals surface area contributed by atoms with Gasteiger partial charge in [-0.2, -0.15) is 0 Å². The maximum absolute atomic E-state index is 12.6. The summed E-state index contributed by atoms with van der Waals surface area (Å²) >= 11 is 0. The number of carbonyl (C=O) groups excluding carboxylic acids is 3. The molecule has 0 spiro atoms. The number of benzene rings is 1. The van der Waals surface area contributed by atoms with Gasteiger partial charge in [-0.25, -0.2) is 0 Å². The van der Waals surface area contributed by atoms with Crippen molar-refractivity contribution in [2.75, 3.05) is 20.2 Å². The van der Waals surface area contributed by atoms with Crippen molar-refractivity contribution < 1.29 is 19.1 Å². The average Bonchev–Trinajstić information content (AvgIpc) is 2.54. The van der Waals surface area contributed by atoms with E-state index in [1.807, 2.05) is 0 Å². The number of nitrogens with zero attached hydrogens (tertiary/aromatic N) is 2. The molecule has 0 aromatic heterocycles. The molecule has 0 atom stereocenters. The second-order valence-corrected chi connectivity index (χ2v) is 4.97.